The molecule has 2 heterocycles. The highest BCUT2D eigenvalue weighted by Gasteiger charge is 2.36. The van der Waals surface area contributed by atoms with Crippen molar-refractivity contribution in [1.29, 1.82) is 0 Å². The Bertz CT molecular complexity index is 400. The molecule has 0 aromatic rings. The van der Waals surface area contributed by atoms with Crippen molar-refractivity contribution in [2.24, 2.45) is 5.92 Å². The molecule has 3 fully saturated rings. The van der Waals surface area contributed by atoms with E-state index in [0.29, 0.717) is 18.5 Å². The SMILES string of the molecule is CN(C)C[C@@H]1CN(CC(=O)N2CCC[C@@H]3CCCC[C@H]32)CCO1. The van der Waals surface area contributed by atoms with Crippen molar-refractivity contribution in [2.45, 2.75) is 50.7 Å². The highest BCUT2D eigenvalue weighted by Crippen LogP contribution is 2.35. The lowest BCUT2D eigenvalue weighted by Crippen LogP contribution is -2.54. The molecule has 1 saturated carbocycles. The molecule has 0 bridgehead atoms. The molecule has 23 heavy (non-hydrogen) atoms. The topological polar surface area (TPSA) is 36.0 Å². The standard InChI is InChI=1S/C18H33N3O2/c1-19(2)12-16-13-20(10-11-23-16)14-18(22)21-9-5-7-15-6-3-4-8-17(15)21/h15-17H,3-14H2,1-2H3/t15-,16+,17+/m0/s1. The van der Waals surface area contributed by atoms with Gasteiger partial charge in [0.15, 0.2) is 0 Å². The lowest BCUT2D eigenvalue weighted by atomic mass is 9.78. The number of hydrogen-bond donors (Lipinski definition) is 0. The van der Waals surface area contributed by atoms with Crippen molar-refractivity contribution in [2.75, 3.05) is 53.4 Å². The fourth-order valence-corrected chi connectivity index (χ4v) is 4.66. The first-order valence-corrected chi connectivity index (χ1v) is 9.41. The predicted octanol–water partition coefficient (Wildman–Crippen LogP) is 1.43. The summed E-state index contributed by atoms with van der Waals surface area (Å²) in [5.74, 6) is 1.12. The summed E-state index contributed by atoms with van der Waals surface area (Å²) in [4.78, 5) is 19.6. The van der Waals surface area contributed by atoms with Gasteiger partial charge in [-0.1, -0.05) is 12.8 Å². The van der Waals surface area contributed by atoms with E-state index in [1.54, 1.807) is 0 Å². The van der Waals surface area contributed by atoms with Crippen molar-refractivity contribution in [3.05, 3.63) is 0 Å². The number of nitrogens with zero attached hydrogens (tertiary/aromatic N) is 3. The Morgan fingerprint density at radius 3 is 2.74 bits per heavy atom. The first-order chi connectivity index (χ1) is 11.1. The number of piperidine rings is 1. The molecular formula is C18H33N3O2. The van der Waals surface area contributed by atoms with Crippen molar-refractivity contribution in [3.8, 4) is 0 Å². The van der Waals surface area contributed by atoms with Crippen LogP contribution in [0.5, 0.6) is 0 Å². The van der Waals surface area contributed by atoms with Gasteiger partial charge in [-0.2, -0.15) is 0 Å². The summed E-state index contributed by atoms with van der Waals surface area (Å²) >= 11 is 0. The van der Waals surface area contributed by atoms with E-state index in [9.17, 15) is 4.79 Å². The van der Waals surface area contributed by atoms with Gasteiger partial charge >= 0.3 is 0 Å². The molecule has 3 aliphatic rings. The number of carbonyl (C=O) groups excluding carboxylic acids is 1. The molecular weight excluding hydrogens is 290 g/mol. The Hall–Kier alpha value is -0.650. The van der Waals surface area contributed by atoms with Crippen LogP contribution in [-0.2, 0) is 9.53 Å². The van der Waals surface area contributed by atoms with Gasteiger partial charge in [-0.25, -0.2) is 0 Å². The molecule has 3 atom stereocenters. The molecule has 1 amide bonds. The number of rotatable bonds is 4. The molecule has 5 heteroatoms. The largest absolute Gasteiger partial charge is 0.374 e. The molecule has 132 valence electrons. The molecule has 2 aliphatic heterocycles. The molecule has 2 saturated heterocycles. The van der Waals surface area contributed by atoms with Crippen LogP contribution >= 0.6 is 0 Å². The molecule has 0 aromatic heterocycles. The van der Waals surface area contributed by atoms with E-state index < -0.39 is 0 Å². The van der Waals surface area contributed by atoms with Crippen LogP contribution in [0.25, 0.3) is 0 Å². The second-order valence-electron chi connectivity index (χ2n) is 7.83. The number of fused-ring (bicyclic) bond motifs is 1. The van der Waals surface area contributed by atoms with Gasteiger partial charge in [0.25, 0.3) is 0 Å². The lowest BCUT2D eigenvalue weighted by Gasteiger charge is -2.45. The van der Waals surface area contributed by atoms with Crippen LogP contribution in [0, 0.1) is 5.92 Å². The zero-order valence-electron chi connectivity index (χ0n) is 14.9. The molecule has 0 unspecified atom stereocenters. The maximum Gasteiger partial charge on any atom is 0.237 e. The second kappa shape index (κ2) is 7.95. The average Bonchev–Trinajstić information content (AvgIpc) is 2.54. The van der Waals surface area contributed by atoms with Gasteiger partial charge < -0.3 is 14.5 Å². The maximum atomic E-state index is 12.9. The van der Waals surface area contributed by atoms with Crippen LogP contribution in [0.15, 0.2) is 0 Å². The van der Waals surface area contributed by atoms with Crippen molar-refractivity contribution in [1.82, 2.24) is 14.7 Å². The first-order valence-electron chi connectivity index (χ1n) is 9.41. The summed E-state index contributed by atoms with van der Waals surface area (Å²) in [5.41, 5.74) is 0. The normalized spacial score (nSPS) is 32.8. The number of amides is 1. The van der Waals surface area contributed by atoms with Crippen LogP contribution in [0.3, 0.4) is 0 Å². The van der Waals surface area contributed by atoms with Gasteiger partial charge in [0.2, 0.25) is 5.91 Å². The van der Waals surface area contributed by atoms with E-state index >= 15 is 0 Å². The van der Waals surface area contributed by atoms with Crippen LogP contribution < -0.4 is 0 Å². The minimum Gasteiger partial charge on any atom is -0.374 e. The average molecular weight is 323 g/mol. The fraction of sp³-hybridized carbons (Fsp3) is 0.944. The molecule has 0 N–H and O–H groups in total. The lowest BCUT2D eigenvalue weighted by molar-refractivity contribution is -0.140. The monoisotopic (exact) mass is 323 g/mol. The Morgan fingerprint density at radius 1 is 1.13 bits per heavy atom. The van der Waals surface area contributed by atoms with Crippen LogP contribution in [0.1, 0.15) is 38.5 Å². The third-order valence-electron chi connectivity index (χ3n) is 5.71. The third kappa shape index (κ3) is 4.46. The Labute approximate surface area is 140 Å². The third-order valence-corrected chi connectivity index (χ3v) is 5.71. The highest BCUT2D eigenvalue weighted by atomic mass is 16.5. The van der Waals surface area contributed by atoms with E-state index in [2.05, 4.69) is 28.8 Å². The van der Waals surface area contributed by atoms with Gasteiger partial charge in [0, 0.05) is 32.2 Å². The Balaban J connectivity index is 1.53. The number of hydrogen-bond acceptors (Lipinski definition) is 4. The van der Waals surface area contributed by atoms with Gasteiger partial charge in [0.05, 0.1) is 19.3 Å². The predicted molar refractivity (Wildman–Crippen MR) is 91.4 cm³/mol. The van der Waals surface area contributed by atoms with Gasteiger partial charge in [0.1, 0.15) is 0 Å². The summed E-state index contributed by atoms with van der Waals surface area (Å²) in [6.45, 7) is 5.00. The highest BCUT2D eigenvalue weighted by molar-refractivity contribution is 5.78. The number of morpholine rings is 1. The summed E-state index contributed by atoms with van der Waals surface area (Å²) in [6.07, 6.45) is 7.97. The molecule has 5 nitrogen and oxygen atoms in total. The van der Waals surface area contributed by atoms with Gasteiger partial charge in [-0.05, 0) is 45.7 Å². The van der Waals surface area contributed by atoms with Crippen molar-refractivity contribution in [3.63, 3.8) is 0 Å². The van der Waals surface area contributed by atoms with Crippen LogP contribution in [-0.4, -0.2) is 86.2 Å². The number of carbonyl (C=O) groups is 1. The Morgan fingerprint density at radius 2 is 1.91 bits per heavy atom. The molecule has 0 aromatic carbocycles. The zero-order valence-corrected chi connectivity index (χ0v) is 14.9. The van der Waals surface area contributed by atoms with E-state index in [-0.39, 0.29) is 6.10 Å². The van der Waals surface area contributed by atoms with Crippen LogP contribution in [0.2, 0.25) is 0 Å². The summed E-state index contributed by atoms with van der Waals surface area (Å²) in [7, 11) is 4.15. The summed E-state index contributed by atoms with van der Waals surface area (Å²) in [5, 5.41) is 0. The maximum absolute atomic E-state index is 12.9. The van der Waals surface area contributed by atoms with E-state index in [0.717, 1.165) is 38.7 Å². The summed E-state index contributed by atoms with van der Waals surface area (Å²) in [6, 6.07) is 0.531. The van der Waals surface area contributed by atoms with E-state index in [1.165, 1.54) is 38.5 Å². The van der Waals surface area contributed by atoms with E-state index in [1.807, 2.05) is 0 Å². The number of likely N-dealkylation sites (N-methyl/N-ethyl adjacent to an activating group) is 1. The minimum absolute atomic E-state index is 0.232. The number of likely N-dealkylation sites (tertiary alicyclic amines) is 1. The van der Waals surface area contributed by atoms with E-state index in [4.69, 9.17) is 4.74 Å². The molecule has 0 radical (unpaired) electrons. The molecule has 0 spiro atoms. The van der Waals surface area contributed by atoms with Crippen molar-refractivity contribution >= 4 is 5.91 Å². The zero-order chi connectivity index (χ0) is 16.2. The fourth-order valence-electron chi connectivity index (χ4n) is 4.66. The van der Waals surface area contributed by atoms with Crippen LogP contribution in [0.4, 0.5) is 0 Å². The molecule has 3 rings (SSSR count). The second-order valence-corrected chi connectivity index (χ2v) is 7.83. The minimum atomic E-state index is 0.232. The Kier molecular flexibility index (Phi) is 5.94. The summed E-state index contributed by atoms with van der Waals surface area (Å²) < 4.78 is 5.82. The smallest absolute Gasteiger partial charge is 0.237 e. The van der Waals surface area contributed by atoms with Gasteiger partial charge in [-0.3, -0.25) is 9.69 Å². The quantitative estimate of drug-likeness (QED) is 0.784. The van der Waals surface area contributed by atoms with Crippen molar-refractivity contribution < 1.29 is 9.53 Å². The first kappa shape index (κ1) is 17.2. The van der Waals surface area contributed by atoms with Gasteiger partial charge in [-0.15, -0.1) is 0 Å². The number of ether oxygens (including phenoxy) is 1. The molecule has 1 aliphatic carbocycles.